The molecule has 0 fully saturated rings. The fourth-order valence-electron chi connectivity index (χ4n) is 5.14. The highest BCUT2D eigenvalue weighted by Gasteiger charge is 2.09. The number of hydrogen-bond donors (Lipinski definition) is 0. The zero-order valence-electron chi connectivity index (χ0n) is 23.9. The van der Waals surface area contributed by atoms with Crippen LogP contribution in [-0.2, 0) is 0 Å². The number of unbranched alkanes of at least 4 members (excludes halogenated alkanes) is 1. The van der Waals surface area contributed by atoms with Crippen LogP contribution < -0.4 is 0 Å². The van der Waals surface area contributed by atoms with E-state index >= 15 is 0 Å². The summed E-state index contributed by atoms with van der Waals surface area (Å²) >= 11 is 0. The molecule has 0 bridgehead atoms. The maximum atomic E-state index is 4.45. The van der Waals surface area contributed by atoms with E-state index in [-0.39, 0.29) is 0 Å². The standard InChI is InChI=1S/C36H50/c1-9-14-32(10-2)16-13-12-15-30(7)36-26-35(24-20-31(36)8)29(6)19-23-34(11-3)28(5)18-22-33-21-17-27(4)25-33/h11,17,19-20,23-26,32H,5-7,9-10,12-16,18,21-22H2,1-4,8H3/b23-19-,34-11+. The molecule has 0 heterocycles. The van der Waals surface area contributed by atoms with Gasteiger partial charge < -0.3 is 0 Å². The van der Waals surface area contributed by atoms with Crippen LogP contribution in [0.2, 0.25) is 0 Å². The molecule has 194 valence electrons. The van der Waals surface area contributed by atoms with Crippen LogP contribution in [0.5, 0.6) is 0 Å². The van der Waals surface area contributed by atoms with Gasteiger partial charge in [0.25, 0.3) is 0 Å². The predicted molar refractivity (Wildman–Crippen MR) is 164 cm³/mol. The van der Waals surface area contributed by atoms with E-state index in [1.165, 1.54) is 83.1 Å². The highest BCUT2D eigenvalue weighted by atomic mass is 14.1. The van der Waals surface area contributed by atoms with Gasteiger partial charge in [-0.15, -0.1) is 0 Å². The molecule has 0 spiro atoms. The predicted octanol–water partition coefficient (Wildman–Crippen LogP) is 11.5. The first-order valence-electron chi connectivity index (χ1n) is 14.2. The summed E-state index contributed by atoms with van der Waals surface area (Å²) in [5.74, 6) is 0.891. The zero-order chi connectivity index (χ0) is 26.5. The summed E-state index contributed by atoms with van der Waals surface area (Å²) in [6.45, 7) is 24.3. The zero-order valence-corrected chi connectivity index (χ0v) is 23.9. The maximum Gasteiger partial charge on any atom is -0.0130 e. The molecular weight excluding hydrogens is 432 g/mol. The van der Waals surface area contributed by atoms with Crippen LogP contribution in [0, 0.1) is 12.8 Å². The minimum Gasteiger partial charge on any atom is -0.0952 e. The summed E-state index contributed by atoms with van der Waals surface area (Å²) < 4.78 is 0. The average Bonchev–Trinajstić information content (AvgIpc) is 3.29. The largest absolute Gasteiger partial charge is 0.0952 e. The lowest BCUT2D eigenvalue weighted by atomic mass is 9.91. The van der Waals surface area contributed by atoms with E-state index in [0.717, 1.165) is 37.2 Å². The van der Waals surface area contributed by atoms with E-state index in [1.54, 1.807) is 0 Å². The molecule has 0 aromatic heterocycles. The van der Waals surface area contributed by atoms with Crippen molar-refractivity contribution in [2.24, 2.45) is 5.92 Å². The smallest absolute Gasteiger partial charge is 0.0130 e. The Balaban J connectivity index is 1.94. The molecule has 0 radical (unpaired) electrons. The van der Waals surface area contributed by atoms with Gasteiger partial charge in [-0.2, -0.15) is 0 Å². The van der Waals surface area contributed by atoms with Gasteiger partial charge in [0.05, 0.1) is 0 Å². The Morgan fingerprint density at radius 3 is 2.42 bits per heavy atom. The molecular formula is C36H50. The minimum absolute atomic E-state index is 0.891. The third-order valence-corrected chi connectivity index (χ3v) is 7.65. The van der Waals surface area contributed by atoms with Crippen molar-refractivity contribution in [3.8, 4) is 0 Å². The maximum absolute atomic E-state index is 4.45. The minimum atomic E-state index is 0.891. The van der Waals surface area contributed by atoms with Crippen molar-refractivity contribution < 1.29 is 0 Å². The quantitative estimate of drug-likeness (QED) is 0.162. The van der Waals surface area contributed by atoms with Crippen LogP contribution in [0.3, 0.4) is 0 Å². The van der Waals surface area contributed by atoms with Gasteiger partial charge in [-0.25, -0.2) is 0 Å². The summed E-state index contributed by atoms with van der Waals surface area (Å²) in [7, 11) is 0. The molecule has 1 unspecified atom stereocenters. The Kier molecular flexibility index (Phi) is 12.8. The molecule has 2 rings (SSSR count). The Morgan fingerprint density at radius 2 is 1.78 bits per heavy atom. The second-order valence-corrected chi connectivity index (χ2v) is 10.6. The lowest BCUT2D eigenvalue weighted by Gasteiger charge is -2.15. The van der Waals surface area contributed by atoms with Crippen LogP contribution in [0.4, 0.5) is 0 Å². The molecule has 0 saturated carbocycles. The molecule has 0 N–H and O–H groups in total. The average molecular weight is 483 g/mol. The lowest BCUT2D eigenvalue weighted by Crippen LogP contribution is -1.98. The van der Waals surface area contributed by atoms with E-state index in [4.69, 9.17) is 0 Å². The van der Waals surface area contributed by atoms with Gasteiger partial charge in [-0.05, 0) is 104 Å². The molecule has 1 aromatic carbocycles. The van der Waals surface area contributed by atoms with Gasteiger partial charge in [-0.1, -0.05) is 119 Å². The molecule has 0 aliphatic heterocycles. The van der Waals surface area contributed by atoms with Crippen molar-refractivity contribution in [3.05, 3.63) is 107 Å². The van der Waals surface area contributed by atoms with Crippen molar-refractivity contribution >= 4 is 11.1 Å². The van der Waals surface area contributed by atoms with Crippen molar-refractivity contribution in [1.29, 1.82) is 0 Å². The van der Waals surface area contributed by atoms with Crippen LogP contribution in [0.15, 0.2) is 90.6 Å². The molecule has 0 amide bonds. The fraction of sp³-hybridized carbons (Fsp3) is 0.444. The molecule has 1 aliphatic rings. The molecule has 1 aromatic rings. The monoisotopic (exact) mass is 482 g/mol. The van der Waals surface area contributed by atoms with Gasteiger partial charge in [0, 0.05) is 0 Å². The van der Waals surface area contributed by atoms with E-state index in [0.29, 0.717) is 0 Å². The third kappa shape index (κ3) is 9.45. The van der Waals surface area contributed by atoms with E-state index < -0.39 is 0 Å². The van der Waals surface area contributed by atoms with Gasteiger partial charge in [0.2, 0.25) is 0 Å². The highest BCUT2D eigenvalue weighted by Crippen LogP contribution is 2.29. The van der Waals surface area contributed by atoms with Gasteiger partial charge >= 0.3 is 0 Å². The van der Waals surface area contributed by atoms with Crippen LogP contribution in [0.1, 0.15) is 109 Å². The number of aryl methyl sites for hydroxylation is 1. The second kappa shape index (κ2) is 15.5. The van der Waals surface area contributed by atoms with Crippen molar-refractivity contribution in [3.63, 3.8) is 0 Å². The first-order valence-corrected chi connectivity index (χ1v) is 14.2. The Morgan fingerprint density at radius 1 is 1.00 bits per heavy atom. The molecule has 0 saturated heterocycles. The van der Waals surface area contributed by atoms with Crippen molar-refractivity contribution in [2.45, 2.75) is 98.8 Å². The summed E-state index contributed by atoms with van der Waals surface area (Å²) in [5.41, 5.74) is 11.3. The topological polar surface area (TPSA) is 0 Å². The van der Waals surface area contributed by atoms with E-state index in [1.807, 2.05) is 0 Å². The molecule has 0 nitrogen and oxygen atoms in total. The number of benzene rings is 1. The summed E-state index contributed by atoms with van der Waals surface area (Å²) in [5, 5.41) is 0. The first-order chi connectivity index (χ1) is 17.3. The normalized spacial score (nSPS) is 14.6. The molecule has 1 aliphatic carbocycles. The summed E-state index contributed by atoms with van der Waals surface area (Å²) in [4.78, 5) is 0. The van der Waals surface area contributed by atoms with Gasteiger partial charge in [0.1, 0.15) is 0 Å². The number of rotatable bonds is 16. The first kappa shape index (κ1) is 29.6. The number of hydrogen-bond acceptors (Lipinski definition) is 0. The molecule has 36 heavy (non-hydrogen) atoms. The highest BCUT2D eigenvalue weighted by molar-refractivity contribution is 5.77. The van der Waals surface area contributed by atoms with Crippen molar-refractivity contribution in [1.82, 2.24) is 0 Å². The van der Waals surface area contributed by atoms with E-state index in [2.05, 4.69) is 103 Å². The lowest BCUT2D eigenvalue weighted by molar-refractivity contribution is 0.415. The second-order valence-electron chi connectivity index (χ2n) is 10.6. The van der Waals surface area contributed by atoms with Crippen LogP contribution in [-0.4, -0.2) is 0 Å². The Hall–Kier alpha value is -2.60. The van der Waals surface area contributed by atoms with Gasteiger partial charge in [-0.3, -0.25) is 0 Å². The summed E-state index contributed by atoms with van der Waals surface area (Å²) in [6.07, 6.45) is 23.2. The molecule has 0 heteroatoms. The van der Waals surface area contributed by atoms with Crippen LogP contribution >= 0.6 is 0 Å². The molecule has 1 atom stereocenters. The van der Waals surface area contributed by atoms with Crippen molar-refractivity contribution in [2.75, 3.05) is 0 Å². The number of allylic oxidation sites excluding steroid dienone is 11. The van der Waals surface area contributed by atoms with Gasteiger partial charge in [0.15, 0.2) is 0 Å². The SMILES string of the molecule is C=C(CCC1=CC(C)=CC1)C(/C=C\C(=C)c1ccc(C)c(C(=C)CCCCC(CC)CCC)c1)=C/C. The van der Waals surface area contributed by atoms with Crippen LogP contribution in [0.25, 0.3) is 11.1 Å². The Labute approximate surface area is 223 Å². The summed E-state index contributed by atoms with van der Waals surface area (Å²) in [6, 6.07) is 6.67. The third-order valence-electron chi connectivity index (χ3n) is 7.65. The fourth-order valence-corrected chi connectivity index (χ4v) is 5.14. The Bertz CT molecular complexity index is 1030. The van der Waals surface area contributed by atoms with E-state index in [9.17, 15) is 0 Å².